The standard InChI is InChI=1S/C30H31Cl4N3O5/c1-30(2,3)41-29(40)36-13-6-8-19(17-36)24(38)12-14-37(28(39)27(33)34)20-9-4-7-18(15-20)25-16-23(35-42-25)26-21(31)10-5-11-22(26)32/h4-5,7,9-11,15-16,19,27H,6,8,12-14,17H2,1-3H3. The SMILES string of the molecule is CC(C)(C)OC(=O)N1CCCC(C(=O)CCN(C(=O)C(Cl)Cl)c2cccc(-c3cc(-c4c(Cl)cccc4Cl)no3)c2)C1. The fourth-order valence-electron chi connectivity index (χ4n) is 4.74. The Kier molecular flexibility index (Phi) is 10.5. The second kappa shape index (κ2) is 13.7. The number of aromatic nitrogens is 1. The van der Waals surface area contributed by atoms with Gasteiger partial charge >= 0.3 is 6.09 Å². The Balaban J connectivity index is 1.50. The van der Waals surface area contributed by atoms with Crippen molar-refractivity contribution in [3.8, 4) is 22.6 Å². The molecule has 1 saturated heterocycles. The molecule has 1 aromatic heterocycles. The molecule has 1 fully saturated rings. The third kappa shape index (κ3) is 7.98. The number of rotatable bonds is 8. The van der Waals surface area contributed by atoms with E-state index in [1.54, 1.807) is 74.2 Å². The van der Waals surface area contributed by atoms with E-state index < -0.39 is 22.4 Å². The van der Waals surface area contributed by atoms with Crippen LogP contribution in [0.3, 0.4) is 0 Å². The number of hydrogen-bond acceptors (Lipinski definition) is 6. The van der Waals surface area contributed by atoms with Crippen molar-refractivity contribution in [2.45, 2.75) is 50.5 Å². The van der Waals surface area contributed by atoms with Crippen LogP contribution in [-0.2, 0) is 14.3 Å². The van der Waals surface area contributed by atoms with Gasteiger partial charge in [0, 0.05) is 54.9 Å². The molecule has 0 aliphatic carbocycles. The summed E-state index contributed by atoms with van der Waals surface area (Å²) >= 11 is 24.6. The van der Waals surface area contributed by atoms with E-state index in [1.807, 2.05) is 0 Å². The number of carbonyl (C=O) groups excluding carboxylic acids is 3. The van der Waals surface area contributed by atoms with E-state index in [-0.39, 0.29) is 31.2 Å². The molecule has 4 rings (SSSR count). The topological polar surface area (TPSA) is 93.0 Å². The van der Waals surface area contributed by atoms with Crippen LogP contribution in [-0.4, -0.2) is 57.9 Å². The van der Waals surface area contributed by atoms with E-state index in [0.29, 0.717) is 57.7 Å². The van der Waals surface area contributed by atoms with E-state index in [9.17, 15) is 14.4 Å². The first-order valence-corrected chi connectivity index (χ1v) is 15.1. The van der Waals surface area contributed by atoms with Crippen LogP contribution in [0.2, 0.25) is 10.0 Å². The van der Waals surface area contributed by atoms with Gasteiger partial charge in [0.25, 0.3) is 5.91 Å². The molecular formula is C30H31Cl4N3O5. The molecule has 0 bridgehead atoms. The second-order valence-corrected chi connectivity index (χ2v) is 12.9. The average Bonchev–Trinajstić information content (AvgIpc) is 3.42. The molecule has 1 unspecified atom stereocenters. The molecule has 2 amide bonds. The minimum Gasteiger partial charge on any atom is -0.444 e. The van der Waals surface area contributed by atoms with E-state index >= 15 is 0 Å². The maximum atomic E-state index is 13.2. The van der Waals surface area contributed by atoms with Gasteiger partial charge < -0.3 is 19.1 Å². The first kappa shape index (κ1) is 32.1. The minimum atomic E-state index is -1.33. The van der Waals surface area contributed by atoms with E-state index in [2.05, 4.69) is 5.16 Å². The van der Waals surface area contributed by atoms with Crippen LogP contribution in [0.25, 0.3) is 22.6 Å². The Morgan fingerprint density at radius 3 is 2.45 bits per heavy atom. The Labute approximate surface area is 264 Å². The molecule has 1 aliphatic heterocycles. The number of hydrogen-bond donors (Lipinski definition) is 0. The molecule has 0 N–H and O–H groups in total. The zero-order valence-electron chi connectivity index (χ0n) is 23.4. The van der Waals surface area contributed by atoms with Crippen LogP contribution in [0.5, 0.6) is 0 Å². The second-order valence-electron chi connectivity index (χ2n) is 11.0. The highest BCUT2D eigenvalue weighted by molar-refractivity contribution is 6.54. The minimum absolute atomic E-state index is 0.0525. The quantitative estimate of drug-likeness (QED) is 0.228. The molecule has 12 heteroatoms. The number of likely N-dealkylation sites (tertiary alicyclic amines) is 1. The van der Waals surface area contributed by atoms with Crippen LogP contribution in [0, 0.1) is 5.92 Å². The summed E-state index contributed by atoms with van der Waals surface area (Å²) in [6.07, 6.45) is 0.956. The normalized spacial score (nSPS) is 15.5. The molecular weight excluding hydrogens is 624 g/mol. The molecule has 3 aromatic rings. The van der Waals surface area contributed by atoms with Gasteiger partial charge in [-0.1, -0.05) is 69.8 Å². The van der Waals surface area contributed by atoms with Crippen LogP contribution in [0.15, 0.2) is 53.1 Å². The number of benzene rings is 2. The molecule has 2 aromatic carbocycles. The Hall–Kier alpha value is -2.78. The Morgan fingerprint density at radius 2 is 1.79 bits per heavy atom. The van der Waals surface area contributed by atoms with Crippen molar-refractivity contribution in [1.29, 1.82) is 0 Å². The van der Waals surface area contributed by atoms with Crippen molar-refractivity contribution in [3.05, 3.63) is 58.6 Å². The summed E-state index contributed by atoms with van der Waals surface area (Å²) in [5, 5.41) is 4.98. The highest BCUT2D eigenvalue weighted by Gasteiger charge is 2.32. The predicted molar refractivity (Wildman–Crippen MR) is 165 cm³/mol. The molecule has 0 saturated carbocycles. The summed E-state index contributed by atoms with van der Waals surface area (Å²) in [7, 11) is 0. The lowest BCUT2D eigenvalue weighted by Crippen LogP contribution is -2.45. The van der Waals surface area contributed by atoms with E-state index in [4.69, 9.17) is 55.7 Å². The average molecular weight is 655 g/mol. The fraction of sp³-hybridized carbons (Fsp3) is 0.400. The van der Waals surface area contributed by atoms with Gasteiger partial charge in [-0.2, -0.15) is 0 Å². The van der Waals surface area contributed by atoms with Crippen molar-refractivity contribution in [2.24, 2.45) is 5.92 Å². The number of halogens is 4. The summed E-state index contributed by atoms with van der Waals surface area (Å²) in [6.45, 7) is 6.26. The molecule has 224 valence electrons. The highest BCUT2D eigenvalue weighted by atomic mass is 35.5. The number of amides is 2. The number of nitrogens with zero attached hydrogens (tertiary/aromatic N) is 3. The number of alkyl halides is 2. The van der Waals surface area contributed by atoms with Gasteiger partial charge in [0.2, 0.25) is 0 Å². The first-order chi connectivity index (χ1) is 19.8. The van der Waals surface area contributed by atoms with Gasteiger partial charge in [0.15, 0.2) is 10.6 Å². The monoisotopic (exact) mass is 653 g/mol. The first-order valence-electron chi connectivity index (χ1n) is 13.5. The summed E-state index contributed by atoms with van der Waals surface area (Å²) in [5.74, 6) is -0.566. The van der Waals surface area contributed by atoms with Crippen molar-refractivity contribution in [2.75, 3.05) is 24.5 Å². The molecule has 1 aliphatic rings. The van der Waals surface area contributed by atoms with Gasteiger partial charge in [-0.25, -0.2) is 4.79 Å². The van der Waals surface area contributed by atoms with Crippen LogP contribution in [0.4, 0.5) is 10.5 Å². The maximum absolute atomic E-state index is 13.2. The van der Waals surface area contributed by atoms with Crippen molar-refractivity contribution < 1.29 is 23.6 Å². The lowest BCUT2D eigenvalue weighted by Gasteiger charge is -2.34. The molecule has 42 heavy (non-hydrogen) atoms. The smallest absolute Gasteiger partial charge is 0.410 e. The van der Waals surface area contributed by atoms with Crippen molar-refractivity contribution in [3.63, 3.8) is 0 Å². The molecule has 0 radical (unpaired) electrons. The molecule has 0 spiro atoms. The zero-order valence-corrected chi connectivity index (χ0v) is 26.4. The Morgan fingerprint density at radius 1 is 1.10 bits per heavy atom. The van der Waals surface area contributed by atoms with Crippen molar-refractivity contribution >= 4 is 69.9 Å². The lowest BCUT2D eigenvalue weighted by molar-refractivity contribution is -0.124. The third-order valence-corrected chi connectivity index (χ3v) is 7.74. The molecule has 8 nitrogen and oxygen atoms in total. The highest BCUT2D eigenvalue weighted by Crippen LogP contribution is 2.36. The zero-order chi connectivity index (χ0) is 30.6. The summed E-state index contributed by atoms with van der Waals surface area (Å²) in [6, 6.07) is 13.8. The number of ether oxygens (including phenoxy) is 1. The van der Waals surface area contributed by atoms with Gasteiger partial charge in [-0.3, -0.25) is 9.59 Å². The summed E-state index contributed by atoms with van der Waals surface area (Å²) in [4.78, 5) is 40.4. The number of carbonyl (C=O) groups is 3. The van der Waals surface area contributed by atoms with Gasteiger partial charge in [-0.15, -0.1) is 0 Å². The van der Waals surface area contributed by atoms with Crippen molar-refractivity contribution in [1.82, 2.24) is 10.1 Å². The number of Topliss-reactive ketones (excluding diaryl/α,β-unsaturated/α-hetero) is 1. The summed E-state index contributed by atoms with van der Waals surface area (Å²) in [5.41, 5.74) is 1.48. The van der Waals surface area contributed by atoms with Gasteiger partial charge in [0.1, 0.15) is 17.1 Å². The molecule has 2 heterocycles. The Bertz CT molecular complexity index is 1430. The predicted octanol–water partition coefficient (Wildman–Crippen LogP) is 8.06. The largest absolute Gasteiger partial charge is 0.444 e. The number of anilines is 1. The van der Waals surface area contributed by atoms with Crippen LogP contribution in [0.1, 0.15) is 40.0 Å². The van der Waals surface area contributed by atoms with Crippen LogP contribution < -0.4 is 4.90 Å². The number of piperidine rings is 1. The molecule has 1 atom stereocenters. The third-order valence-electron chi connectivity index (χ3n) is 6.73. The van der Waals surface area contributed by atoms with Gasteiger partial charge in [0.05, 0.1) is 10.0 Å². The lowest BCUT2D eigenvalue weighted by atomic mass is 9.92. The maximum Gasteiger partial charge on any atom is 0.410 e. The van der Waals surface area contributed by atoms with Crippen LogP contribution >= 0.6 is 46.4 Å². The van der Waals surface area contributed by atoms with E-state index in [1.165, 1.54) is 4.90 Å². The summed E-state index contributed by atoms with van der Waals surface area (Å²) < 4.78 is 11.0. The fourth-order valence-corrected chi connectivity index (χ4v) is 5.57. The van der Waals surface area contributed by atoms with Gasteiger partial charge in [-0.05, 0) is 57.9 Å². The number of ketones is 1. The van der Waals surface area contributed by atoms with E-state index in [0.717, 1.165) is 0 Å².